The number of thioether (sulfide) groups is 1. The maximum absolute atomic E-state index is 11.2. The van der Waals surface area contributed by atoms with Crippen molar-refractivity contribution in [3.8, 4) is 0 Å². The van der Waals surface area contributed by atoms with Crippen LogP contribution < -0.4 is 0 Å². The summed E-state index contributed by atoms with van der Waals surface area (Å²) < 4.78 is 0. The average Bonchev–Trinajstić information content (AvgIpc) is 2.15. The Hall–Kier alpha value is -0.0200. The van der Waals surface area contributed by atoms with Crippen molar-refractivity contribution < 1.29 is 4.79 Å². The lowest BCUT2D eigenvalue weighted by Gasteiger charge is -2.32. The molecule has 1 aliphatic rings. The van der Waals surface area contributed by atoms with Gasteiger partial charge in [0.15, 0.2) is 0 Å². The summed E-state index contributed by atoms with van der Waals surface area (Å²) in [6, 6.07) is 0.477. The molecule has 0 aliphatic carbocycles. The van der Waals surface area contributed by atoms with E-state index in [4.69, 9.17) is 0 Å². The van der Waals surface area contributed by atoms with Gasteiger partial charge >= 0.3 is 0 Å². The lowest BCUT2D eigenvalue weighted by molar-refractivity contribution is -0.122. The van der Waals surface area contributed by atoms with Crippen molar-refractivity contribution >= 4 is 17.5 Å². The predicted octanol–water partition coefficient (Wildman–Crippen LogP) is 2.18. The van der Waals surface area contributed by atoms with Gasteiger partial charge in [-0.05, 0) is 38.3 Å². The lowest BCUT2D eigenvalue weighted by Crippen LogP contribution is -2.41. The van der Waals surface area contributed by atoms with Gasteiger partial charge in [-0.3, -0.25) is 9.69 Å². The second kappa shape index (κ2) is 6.46. The number of unbranched alkanes of at least 4 members (excludes halogenated alkanes) is 1. The van der Waals surface area contributed by atoms with Gasteiger partial charge in [0.2, 0.25) is 0 Å². The van der Waals surface area contributed by atoms with Gasteiger partial charge in [0.05, 0.1) is 0 Å². The van der Waals surface area contributed by atoms with E-state index in [1.54, 1.807) is 0 Å². The molecule has 0 saturated carbocycles. The highest BCUT2D eigenvalue weighted by molar-refractivity contribution is 7.98. The van der Waals surface area contributed by atoms with Crippen LogP contribution in [-0.4, -0.2) is 41.8 Å². The summed E-state index contributed by atoms with van der Waals surface area (Å²) in [5.41, 5.74) is 0. The zero-order valence-corrected chi connectivity index (χ0v) is 10.1. The van der Waals surface area contributed by atoms with Gasteiger partial charge in [-0.15, -0.1) is 0 Å². The Balaban J connectivity index is 2.14. The first-order valence-electron chi connectivity index (χ1n) is 5.48. The number of carbonyl (C=O) groups is 1. The number of likely N-dealkylation sites (tertiary alicyclic amines) is 1. The third-order valence-corrected chi connectivity index (χ3v) is 3.56. The van der Waals surface area contributed by atoms with Crippen molar-refractivity contribution in [3.05, 3.63) is 0 Å². The van der Waals surface area contributed by atoms with E-state index in [0.29, 0.717) is 11.8 Å². The van der Waals surface area contributed by atoms with E-state index < -0.39 is 0 Å². The summed E-state index contributed by atoms with van der Waals surface area (Å²) in [5.74, 6) is 1.71. The van der Waals surface area contributed by atoms with E-state index >= 15 is 0 Å². The molecule has 1 rings (SSSR count). The Morgan fingerprint density at radius 3 is 2.93 bits per heavy atom. The summed E-state index contributed by atoms with van der Waals surface area (Å²) in [7, 11) is 0. The van der Waals surface area contributed by atoms with Gasteiger partial charge in [0.1, 0.15) is 5.78 Å². The minimum Gasteiger partial charge on any atom is -0.300 e. The first-order chi connectivity index (χ1) is 6.74. The van der Waals surface area contributed by atoms with Crippen LogP contribution in [0.15, 0.2) is 0 Å². The van der Waals surface area contributed by atoms with Crippen LogP contribution in [0.1, 0.15) is 32.6 Å². The molecule has 2 nitrogen and oxygen atoms in total. The lowest BCUT2D eigenvalue weighted by atomic mass is 10.0. The van der Waals surface area contributed by atoms with E-state index in [0.717, 1.165) is 19.4 Å². The van der Waals surface area contributed by atoms with Crippen molar-refractivity contribution in [2.75, 3.05) is 25.1 Å². The predicted molar refractivity (Wildman–Crippen MR) is 62.9 cm³/mol. The molecule has 1 atom stereocenters. The fraction of sp³-hybridized carbons (Fsp3) is 0.909. The average molecular weight is 215 g/mol. The molecule has 82 valence electrons. The number of piperidine rings is 1. The van der Waals surface area contributed by atoms with E-state index in [1.807, 2.05) is 11.8 Å². The SMILES string of the molecule is CSCCCCN1CCC(=O)CC1C. The molecule has 1 unspecified atom stereocenters. The van der Waals surface area contributed by atoms with Gasteiger partial charge in [-0.1, -0.05) is 0 Å². The van der Waals surface area contributed by atoms with Crippen LogP contribution >= 0.6 is 11.8 Å². The zero-order valence-electron chi connectivity index (χ0n) is 9.29. The normalized spacial score (nSPS) is 24.1. The first-order valence-corrected chi connectivity index (χ1v) is 6.88. The van der Waals surface area contributed by atoms with Crippen LogP contribution in [0.5, 0.6) is 0 Å². The largest absolute Gasteiger partial charge is 0.300 e. The van der Waals surface area contributed by atoms with Crippen molar-refractivity contribution in [2.24, 2.45) is 0 Å². The van der Waals surface area contributed by atoms with Crippen LogP contribution in [0, 0.1) is 0 Å². The van der Waals surface area contributed by atoms with Crippen molar-refractivity contribution in [1.82, 2.24) is 4.90 Å². The van der Waals surface area contributed by atoms with Gasteiger partial charge in [0, 0.05) is 25.4 Å². The number of hydrogen-bond acceptors (Lipinski definition) is 3. The highest BCUT2D eigenvalue weighted by atomic mass is 32.2. The summed E-state index contributed by atoms with van der Waals surface area (Å²) in [6.07, 6.45) is 6.27. The van der Waals surface area contributed by atoms with E-state index in [-0.39, 0.29) is 0 Å². The third kappa shape index (κ3) is 4.01. The number of ketones is 1. The molecule has 0 aromatic heterocycles. The molecule has 0 spiro atoms. The molecule has 0 bridgehead atoms. The van der Waals surface area contributed by atoms with Crippen LogP contribution in [-0.2, 0) is 4.79 Å². The van der Waals surface area contributed by atoms with Gasteiger partial charge in [0.25, 0.3) is 0 Å². The number of Topliss-reactive ketones (excluding diaryl/α,β-unsaturated/α-hetero) is 1. The summed E-state index contributed by atoms with van der Waals surface area (Å²) in [6.45, 7) is 4.33. The number of rotatable bonds is 5. The highest BCUT2D eigenvalue weighted by Crippen LogP contribution is 2.14. The Labute approximate surface area is 91.4 Å². The molecule has 0 radical (unpaired) electrons. The molecule has 1 heterocycles. The molecular weight excluding hydrogens is 194 g/mol. The molecule has 0 aromatic carbocycles. The summed E-state index contributed by atoms with van der Waals surface area (Å²) in [5, 5.41) is 0. The topological polar surface area (TPSA) is 20.3 Å². The van der Waals surface area contributed by atoms with Crippen LogP contribution in [0.25, 0.3) is 0 Å². The van der Waals surface area contributed by atoms with Crippen molar-refractivity contribution in [3.63, 3.8) is 0 Å². The Morgan fingerprint density at radius 1 is 1.50 bits per heavy atom. The first kappa shape index (κ1) is 12.1. The van der Waals surface area contributed by atoms with Crippen LogP contribution in [0.4, 0.5) is 0 Å². The fourth-order valence-corrected chi connectivity index (χ4v) is 2.44. The molecule has 14 heavy (non-hydrogen) atoms. The van der Waals surface area contributed by atoms with Gasteiger partial charge in [-0.25, -0.2) is 0 Å². The molecule has 0 N–H and O–H groups in total. The fourth-order valence-electron chi connectivity index (χ4n) is 1.94. The van der Waals surface area contributed by atoms with Crippen LogP contribution in [0.3, 0.4) is 0 Å². The molecular formula is C11H21NOS. The van der Waals surface area contributed by atoms with Crippen molar-refractivity contribution in [1.29, 1.82) is 0 Å². The summed E-state index contributed by atoms with van der Waals surface area (Å²) >= 11 is 1.92. The summed E-state index contributed by atoms with van der Waals surface area (Å²) in [4.78, 5) is 13.6. The smallest absolute Gasteiger partial charge is 0.135 e. The minimum absolute atomic E-state index is 0.442. The molecule has 1 saturated heterocycles. The van der Waals surface area contributed by atoms with Crippen molar-refractivity contribution in [2.45, 2.75) is 38.6 Å². The van der Waals surface area contributed by atoms with E-state index in [1.165, 1.54) is 25.1 Å². The minimum atomic E-state index is 0.442. The maximum Gasteiger partial charge on any atom is 0.135 e. The van der Waals surface area contributed by atoms with E-state index in [2.05, 4.69) is 18.1 Å². The molecule has 1 fully saturated rings. The van der Waals surface area contributed by atoms with Gasteiger partial charge in [-0.2, -0.15) is 11.8 Å². The quantitative estimate of drug-likeness (QED) is 0.656. The highest BCUT2D eigenvalue weighted by Gasteiger charge is 2.22. The number of nitrogens with zero attached hydrogens (tertiary/aromatic N) is 1. The molecule has 0 aromatic rings. The standard InChI is InChI=1S/C11H21NOS/c1-10-9-11(13)5-7-12(10)6-3-4-8-14-2/h10H,3-9H2,1-2H3. The Bertz CT molecular complexity index is 184. The van der Waals surface area contributed by atoms with Gasteiger partial charge < -0.3 is 0 Å². The Morgan fingerprint density at radius 2 is 2.29 bits per heavy atom. The monoisotopic (exact) mass is 215 g/mol. The van der Waals surface area contributed by atoms with Crippen LogP contribution in [0.2, 0.25) is 0 Å². The Kier molecular flexibility index (Phi) is 5.56. The maximum atomic E-state index is 11.2. The zero-order chi connectivity index (χ0) is 10.4. The number of hydrogen-bond donors (Lipinski definition) is 0. The second-order valence-electron chi connectivity index (χ2n) is 4.08. The number of carbonyl (C=O) groups excluding carboxylic acids is 1. The van der Waals surface area contributed by atoms with E-state index in [9.17, 15) is 4.79 Å². The molecule has 3 heteroatoms. The molecule has 1 aliphatic heterocycles. The third-order valence-electron chi connectivity index (χ3n) is 2.87. The molecule has 0 amide bonds. The second-order valence-corrected chi connectivity index (χ2v) is 5.06.